The smallest absolute Gasteiger partial charge is 0.255 e. The molecule has 0 aromatic heterocycles. The van der Waals surface area contributed by atoms with Crippen LogP contribution in [0.1, 0.15) is 26.7 Å². The van der Waals surface area contributed by atoms with E-state index in [-0.39, 0.29) is 4.51 Å². The zero-order valence-corrected chi connectivity index (χ0v) is 7.97. The number of halogens is 1. The first-order chi connectivity index (χ1) is 4.70. The second kappa shape index (κ2) is 5.93. The van der Waals surface area contributed by atoms with E-state index in [2.05, 4.69) is 26.1 Å². The highest BCUT2D eigenvalue weighted by Crippen LogP contribution is 2.08. The predicted molar refractivity (Wildman–Crippen MR) is 48.5 cm³/mol. The summed E-state index contributed by atoms with van der Waals surface area (Å²) in [5.41, 5.74) is 0. The quantitative estimate of drug-likeness (QED) is 0.486. The Morgan fingerprint density at radius 2 is 2.00 bits per heavy atom. The van der Waals surface area contributed by atoms with Gasteiger partial charge in [0.2, 0.25) is 0 Å². The van der Waals surface area contributed by atoms with Crippen molar-refractivity contribution in [3.05, 3.63) is 0 Å². The van der Waals surface area contributed by atoms with Crippen LogP contribution in [-0.4, -0.2) is 11.1 Å². The molecule has 0 atom stereocenters. The molecule has 0 heterocycles. The van der Waals surface area contributed by atoms with Crippen molar-refractivity contribution in [3.8, 4) is 0 Å². The highest BCUT2D eigenvalue weighted by atomic mass is 35.5. The van der Waals surface area contributed by atoms with Crippen LogP contribution in [0.15, 0.2) is 0 Å². The lowest BCUT2D eigenvalue weighted by atomic mass is 10.1. The first-order valence-corrected chi connectivity index (χ1v) is 4.31. The van der Waals surface area contributed by atoms with Crippen molar-refractivity contribution in [1.82, 2.24) is 0 Å². The van der Waals surface area contributed by atoms with Crippen LogP contribution in [0.5, 0.6) is 0 Å². The lowest BCUT2D eigenvalue weighted by molar-refractivity contribution is 0.240. The minimum absolute atomic E-state index is 0.131. The van der Waals surface area contributed by atoms with Crippen molar-refractivity contribution in [1.29, 1.82) is 0 Å². The molecule has 0 spiro atoms. The van der Waals surface area contributed by atoms with E-state index in [1.54, 1.807) is 0 Å². The van der Waals surface area contributed by atoms with E-state index in [0.717, 1.165) is 12.8 Å². The Morgan fingerprint density at radius 1 is 1.50 bits per heavy atom. The van der Waals surface area contributed by atoms with Crippen molar-refractivity contribution >= 4 is 28.3 Å². The Morgan fingerprint density at radius 3 is 2.30 bits per heavy atom. The van der Waals surface area contributed by atoms with Crippen LogP contribution >= 0.6 is 23.8 Å². The molecule has 0 bridgehead atoms. The van der Waals surface area contributed by atoms with Gasteiger partial charge >= 0.3 is 0 Å². The summed E-state index contributed by atoms with van der Waals surface area (Å²) in [5.74, 6) is 0.594. The van der Waals surface area contributed by atoms with Crippen molar-refractivity contribution in [2.75, 3.05) is 6.61 Å². The van der Waals surface area contributed by atoms with E-state index in [4.69, 9.17) is 16.3 Å². The van der Waals surface area contributed by atoms with Crippen LogP contribution < -0.4 is 0 Å². The Balaban J connectivity index is 3.34. The molecular weight excluding hydrogens is 168 g/mol. The molecule has 0 aliphatic carbocycles. The maximum absolute atomic E-state index is 5.35. The Hall–Kier alpha value is 0.180. The molecule has 10 heavy (non-hydrogen) atoms. The summed E-state index contributed by atoms with van der Waals surface area (Å²) < 4.78 is 5.11. The van der Waals surface area contributed by atoms with Crippen LogP contribution in [0.2, 0.25) is 0 Å². The first-order valence-electron chi connectivity index (χ1n) is 3.52. The van der Waals surface area contributed by atoms with Crippen molar-refractivity contribution in [2.45, 2.75) is 26.7 Å². The topological polar surface area (TPSA) is 9.23 Å². The molecule has 0 fully saturated rings. The van der Waals surface area contributed by atoms with E-state index < -0.39 is 0 Å². The third-order valence-corrected chi connectivity index (χ3v) is 1.81. The summed E-state index contributed by atoms with van der Waals surface area (Å²) in [7, 11) is 0. The van der Waals surface area contributed by atoms with E-state index in [1.807, 2.05) is 0 Å². The minimum atomic E-state index is 0.131. The third-order valence-electron chi connectivity index (χ3n) is 1.59. The fourth-order valence-electron chi connectivity index (χ4n) is 0.708. The SMILES string of the molecule is CCC(CC)COC(=S)Cl. The van der Waals surface area contributed by atoms with Crippen LogP contribution in [-0.2, 0) is 4.74 Å². The molecule has 60 valence electrons. The normalized spacial score (nSPS) is 10.0. The number of hydrogen-bond acceptors (Lipinski definition) is 2. The van der Waals surface area contributed by atoms with Crippen LogP contribution in [0.3, 0.4) is 0 Å². The molecule has 0 aliphatic rings. The second-order valence-corrected chi connectivity index (χ2v) is 3.17. The van der Waals surface area contributed by atoms with Gasteiger partial charge in [0, 0.05) is 0 Å². The second-order valence-electron chi connectivity index (χ2n) is 2.23. The van der Waals surface area contributed by atoms with Crippen molar-refractivity contribution in [2.24, 2.45) is 5.92 Å². The van der Waals surface area contributed by atoms with Gasteiger partial charge in [-0.2, -0.15) is 0 Å². The van der Waals surface area contributed by atoms with Gasteiger partial charge in [0.05, 0.1) is 6.61 Å². The van der Waals surface area contributed by atoms with Gasteiger partial charge in [-0.15, -0.1) is 0 Å². The lowest BCUT2D eigenvalue weighted by Gasteiger charge is -2.10. The highest BCUT2D eigenvalue weighted by molar-refractivity contribution is 7.82. The molecule has 0 saturated carbocycles. The molecule has 0 aliphatic heterocycles. The Bertz CT molecular complexity index is 102. The summed E-state index contributed by atoms with van der Waals surface area (Å²) >= 11 is 9.90. The predicted octanol–water partition coefficient (Wildman–Crippen LogP) is 2.96. The zero-order valence-electron chi connectivity index (χ0n) is 6.39. The molecular formula is C7H13ClOS. The van der Waals surface area contributed by atoms with E-state index in [9.17, 15) is 0 Å². The highest BCUT2D eigenvalue weighted by Gasteiger charge is 2.03. The summed E-state index contributed by atoms with van der Waals surface area (Å²) in [6.45, 7) is 4.93. The number of ether oxygens (including phenoxy) is 1. The van der Waals surface area contributed by atoms with E-state index in [0.29, 0.717) is 12.5 Å². The monoisotopic (exact) mass is 180 g/mol. The van der Waals surface area contributed by atoms with Gasteiger partial charge in [0.15, 0.2) is 0 Å². The number of rotatable bonds is 4. The lowest BCUT2D eigenvalue weighted by Crippen LogP contribution is -2.08. The average Bonchev–Trinajstić information content (AvgIpc) is 1.90. The van der Waals surface area contributed by atoms with Crippen LogP contribution in [0.25, 0.3) is 0 Å². The Labute approximate surface area is 72.7 Å². The van der Waals surface area contributed by atoms with Gasteiger partial charge in [0.1, 0.15) is 0 Å². The molecule has 0 saturated heterocycles. The average molecular weight is 181 g/mol. The summed E-state index contributed by atoms with van der Waals surface area (Å²) in [5, 5.41) is 0. The number of thiocarbonyl (C=S) groups is 1. The largest absolute Gasteiger partial charge is 0.475 e. The summed E-state index contributed by atoms with van der Waals surface area (Å²) in [6.07, 6.45) is 2.24. The van der Waals surface area contributed by atoms with Gasteiger partial charge in [-0.25, -0.2) is 0 Å². The minimum Gasteiger partial charge on any atom is -0.475 e. The summed E-state index contributed by atoms with van der Waals surface area (Å²) in [4.78, 5) is 0. The van der Waals surface area contributed by atoms with Gasteiger partial charge in [-0.3, -0.25) is 0 Å². The Kier molecular flexibility index (Phi) is 6.03. The standard InChI is InChI=1S/C7H13ClOS/c1-3-6(4-2)5-9-7(8)10/h6H,3-5H2,1-2H3. The van der Waals surface area contributed by atoms with Gasteiger partial charge in [-0.1, -0.05) is 26.7 Å². The fourth-order valence-corrected chi connectivity index (χ4v) is 0.839. The molecule has 0 unspecified atom stereocenters. The molecule has 0 amide bonds. The molecule has 3 heteroatoms. The molecule has 0 aromatic carbocycles. The fraction of sp³-hybridized carbons (Fsp3) is 0.857. The van der Waals surface area contributed by atoms with E-state index in [1.165, 1.54) is 0 Å². The molecule has 0 aromatic rings. The van der Waals surface area contributed by atoms with Crippen LogP contribution in [0, 0.1) is 5.92 Å². The summed E-state index contributed by atoms with van der Waals surface area (Å²) in [6, 6.07) is 0. The van der Waals surface area contributed by atoms with Crippen molar-refractivity contribution < 1.29 is 4.74 Å². The zero-order chi connectivity index (χ0) is 7.98. The van der Waals surface area contributed by atoms with Gasteiger partial charge < -0.3 is 4.74 Å². The molecule has 0 radical (unpaired) electrons. The maximum atomic E-state index is 5.35. The molecule has 0 N–H and O–H groups in total. The third kappa shape index (κ3) is 5.00. The van der Waals surface area contributed by atoms with Gasteiger partial charge in [0.25, 0.3) is 4.51 Å². The van der Waals surface area contributed by atoms with Crippen LogP contribution in [0.4, 0.5) is 0 Å². The van der Waals surface area contributed by atoms with Gasteiger partial charge in [-0.05, 0) is 29.7 Å². The van der Waals surface area contributed by atoms with Crippen molar-refractivity contribution in [3.63, 3.8) is 0 Å². The molecule has 0 rings (SSSR count). The first kappa shape index (κ1) is 10.2. The number of hydrogen-bond donors (Lipinski definition) is 0. The maximum Gasteiger partial charge on any atom is 0.255 e. The van der Waals surface area contributed by atoms with E-state index >= 15 is 0 Å². The molecule has 1 nitrogen and oxygen atoms in total.